The highest BCUT2D eigenvalue weighted by Crippen LogP contribution is 2.28. The van der Waals surface area contributed by atoms with Gasteiger partial charge in [-0.25, -0.2) is 8.42 Å². The van der Waals surface area contributed by atoms with Crippen LogP contribution in [0.3, 0.4) is 0 Å². The molecule has 0 bridgehead atoms. The first-order valence-electron chi connectivity index (χ1n) is 14.6. The number of carbonyl (C=O) groups excluding carboxylic acids is 2. The minimum absolute atomic E-state index is 0.0134. The molecule has 4 aromatic carbocycles. The quantitative estimate of drug-likeness (QED) is 0.177. The topological polar surface area (TPSA) is 86.8 Å². The van der Waals surface area contributed by atoms with Gasteiger partial charge in [0, 0.05) is 29.1 Å². The third kappa shape index (κ3) is 8.87. The number of halogens is 2. The van der Waals surface area contributed by atoms with Crippen LogP contribution in [0, 0.1) is 13.8 Å². The molecule has 0 spiro atoms. The van der Waals surface area contributed by atoms with Gasteiger partial charge in [-0.15, -0.1) is 0 Å². The van der Waals surface area contributed by atoms with Crippen molar-refractivity contribution in [2.45, 2.75) is 57.6 Å². The molecule has 4 rings (SSSR count). The summed E-state index contributed by atoms with van der Waals surface area (Å²) < 4.78 is 29.4. The molecule has 7 nitrogen and oxygen atoms in total. The number of anilines is 1. The molecule has 45 heavy (non-hydrogen) atoms. The Bertz CT molecular complexity index is 1730. The van der Waals surface area contributed by atoms with E-state index in [-0.39, 0.29) is 29.8 Å². The zero-order chi connectivity index (χ0) is 32.7. The Morgan fingerprint density at radius 2 is 1.38 bits per heavy atom. The molecule has 0 saturated heterocycles. The predicted octanol–water partition coefficient (Wildman–Crippen LogP) is 6.97. The largest absolute Gasteiger partial charge is 0.352 e. The lowest BCUT2D eigenvalue weighted by Gasteiger charge is -2.34. The molecule has 1 N–H and O–H groups in total. The van der Waals surface area contributed by atoms with Gasteiger partial charge in [-0.3, -0.25) is 13.9 Å². The monoisotopic (exact) mass is 665 g/mol. The summed E-state index contributed by atoms with van der Waals surface area (Å²) in [4.78, 5) is 29.7. The van der Waals surface area contributed by atoms with Crippen molar-refractivity contribution >= 4 is 50.7 Å². The zero-order valence-electron chi connectivity index (χ0n) is 25.7. The van der Waals surface area contributed by atoms with Gasteiger partial charge in [-0.05, 0) is 98.5 Å². The van der Waals surface area contributed by atoms with Crippen LogP contribution in [0.5, 0.6) is 0 Å². The molecule has 0 aliphatic rings. The fraction of sp³-hybridized carbons (Fsp3) is 0.257. The molecule has 236 valence electrons. The van der Waals surface area contributed by atoms with E-state index >= 15 is 0 Å². The lowest BCUT2D eigenvalue weighted by Crippen LogP contribution is -2.54. The Kier molecular flexibility index (Phi) is 11.3. The Hall–Kier alpha value is -3.85. The molecule has 0 fully saturated rings. The molecule has 0 aliphatic carbocycles. The van der Waals surface area contributed by atoms with Gasteiger partial charge in [0.05, 0.1) is 10.6 Å². The van der Waals surface area contributed by atoms with Gasteiger partial charge in [0.1, 0.15) is 12.6 Å². The lowest BCUT2D eigenvalue weighted by molar-refractivity contribution is -0.140. The average Bonchev–Trinajstić information content (AvgIpc) is 3.00. The molecule has 0 aromatic heterocycles. The van der Waals surface area contributed by atoms with Crippen LogP contribution in [0.2, 0.25) is 10.0 Å². The summed E-state index contributed by atoms with van der Waals surface area (Å²) in [5, 5.41) is 3.87. The average molecular weight is 667 g/mol. The highest BCUT2D eigenvalue weighted by Gasteiger charge is 2.35. The summed E-state index contributed by atoms with van der Waals surface area (Å²) in [7, 11) is -4.22. The molecular formula is C35H37Cl2N3O4S. The van der Waals surface area contributed by atoms with E-state index in [1.54, 1.807) is 36.4 Å². The van der Waals surface area contributed by atoms with Gasteiger partial charge < -0.3 is 10.2 Å². The van der Waals surface area contributed by atoms with Crippen LogP contribution in [0.25, 0.3) is 0 Å². The van der Waals surface area contributed by atoms with E-state index in [4.69, 9.17) is 23.2 Å². The summed E-state index contributed by atoms with van der Waals surface area (Å²) in [6.07, 6.45) is 0.228. The third-order valence-electron chi connectivity index (χ3n) is 7.43. The van der Waals surface area contributed by atoms with Crippen LogP contribution in [0.15, 0.2) is 102 Å². The van der Waals surface area contributed by atoms with E-state index in [2.05, 4.69) is 5.32 Å². The van der Waals surface area contributed by atoms with E-state index in [0.717, 1.165) is 26.6 Å². The van der Waals surface area contributed by atoms with Gasteiger partial charge in [0.25, 0.3) is 10.0 Å². The van der Waals surface area contributed by atoms with Crippen LogP contribution >= 0.6 is 23.2 Å². The number of amides is 2. The van der Waals surface area contributed by atoms with Crippen molar-refractivity contribution in [3.8, 4) is 0 Å². The maximum Gasteiger partial charge on any atom is 0.264 e. The van der Waals surface area contributed by atoms with Gasteiger partial charge in [0.2, 0.25) is 11.8 Å². The normalized spacial score (nSPS) is 12.1. The first kappa shape index (κ1) is 34.0. The van der Waals surface area contributed by atoms with E-state index < -0.39 is 28.5 Å². The van der Waals surface area contributed by atoms with E-state index in [0.29, 0.717) is 15.7 Å². The first-order valence-corrected chi connectivity index (χ1v) is 16.8. The highest BCUT2D eigenvalue weighted by atomic mass is 35.5. The maximum absolute atomic E-state index is 14.5. The van der Waals surface area contributed by atoms with Crippen molar-refractivity contribution in [3.63, 3.8) is 0 Å². The summed E-state index contributed by atoms with van der Waals surface area (Å²) in [6, 6.07) is 26.4. The predicted molar refractivity (Wildman–Crippen MR) is 181 cm³/mol. The number of rotatable bonds is 12. The molecule has 0 aliphatic heterocycles. The summed E-state index contributed by atoms with van der Waals surface area (Å²) in [5.74, 6) is -0.880. The van der Waals surface area contributed by atoms with Crippen LogP contribution in [-0.2, 0) is 32.6 Å². The third-order valence-corrected chi connectivity index (χ3v) is 9.72. The Morgan fingerprint density at radius 3 is 1.96 bits per heavy atom. The number of hydrogen-bond donors (Lipinski definition) is 1. The van der Waals surface area contributed by atoms with Crippen molar-refractivity contribution in [3.05, 3.63) is 129 Å². The molecule has 0 saturated carbocycles. The van der Waals surface area contributed by atoms with Crippen molar-refractivity contribution in [1.29, 1.82) is 0 Å². The minimum Gasteiger partial charge on any atom is -0.352 e. The van der Waals surface area contributed by atoms with Crippen LogP contribution in [0.4, 0.5) is 5.69 Å². The number of sulfonamides is 1. The minimum atomic E-state index is -4.22. The highest BCUT2D eigenvalue weighted by molar-refractivity contribution is 7.92. The Labute approximate surface area is 275 Å². The smallest absolute Gasteiger partial charge is 0.264 e. The SMILES string of the molecule is Cc1ccc(N(CC(=O)N(Cc2ccc(Cl)cc2)C(Cc2ccccc2)C(=O)NC(C)C)S(=O)(=O)c2ccc(Cl)cc2)cc1C. The fourth-order valence-corrected chi connectivity index (χ4v) is 6.52. The molecular weight excluding hydrogens is 629 g/mol. The number of carbonyl (C=O) groups is 2. The standard InChI is InChI=1S/C35H37Cl2N3O4S/c1-24(2)38-35(42)33(21-27-8-6-5-7-9-27)39(22-28-11-13-29(36)14-12-28)34(41)23-40(31-17-10-25(3)26(4)20-31)45(43,44)32-18-15-30(37)16-19-32/h5-20,24,33H,21-23H2,1-4H3,(H,38,42). The molecule has 10 heteroatoms. The Balaban J connectivity index is 1.82. The van der Waals surface area contributed by atoms with E-state index in [1.165, 1.54) is 29.2 Å². The molecule has 0 radical (unpaired) electrons. The number of aryl methyl sites for hydroxylation is 2. The fourth-order valence-electron chi connectivity index (χ4n) is 4.86. The number of hydrogen-bond acceptors (Lipinski definition) is 4. The number of nitrogens with one attached hydrogen (secondary N) is 1. The zero-order valence-corrected chi connectivity index (χ0v) is 28.0. The summed E-state index contributed by atoms with van der Waals surface area (Å²) in [5.41, 5.74) is 3.77. The molecule has 1 unspecified atom stereocenters. The Morgan fingerprint density at radius 1 is 0.778 bits per heavy atom. The van der Waals surface area contributed by atoms with E-state index in [1.807, 2.05) is 64.1 Å². The number of nitrogens with zero attached hydrogens (tertiary/aromatic N) is 2. The van der Waals surface area contributed by atoms with Crippen molar-refractivity contribution in [1.82, 2.24) is 10.2 Å². The second-order valence-corrected chi connectivity index (χ2v) is 14.0. The van der Waals surface area contributed by atoms with Crippen LogP contribution in [0.1, 0.15) is 36.1 Å². The molecule has 0 heterocycles. The van der Waals surface area contributed by atoms with E-state index in [9.17, 15) is 18.0 Å². The second kappa shape index (κ2) is 15.0. The molecule has 4 aromatic rings. The van der Waals surface area contributed by atoms with Gasteiger partial charge in [-0.1, -0.05) is 71.7 Å². The number of benzene rings is 4. The van der Waals surface area contributed by atoms with Gasteiger partial charge in [-0.2, -0.15) is 0 Å². The second-order valence-electron chi connectivity index (χ2n) is 11.3. The lowest BCUT2D eigenvalue weighted by atomic mass is 10.0. The van der Waals surface area contributed by atoms with Gasteiger partial charge >= 0.3 is 0 Å². The summed E-state index contributed by atoms with van der Waals surface area (Å²) >= 11 is 12.2. The van der Waals surface area contributed by atoms with Crippen molar-refractivity contribution in [2.75, 3.05) is 10.8 Å². The molecule has 1 atom stereocenters. The summed E-state index contributed by atoms with van der Waals surface area (Å²) in [6.45, 7) is 7.03. The first-order chi connectivity index (χ1) is 21.3. The maximum atomic E-state index is 14.5. The van der Waals surface area contributed by atoms with Crippen molar-refractivity contribution < 1.29 is 18.0 Å². The van der Waals surface area contributed by atoms with Crippen molar-refractivity contribution in [2.24, 2.45) is 0 Å². The molecule has 2 amide bonds. The van der Waals surface area contributed by atoms with Crippen LogP contribution < -0.4 is 9.62 Å². The van der Waals surface area contributed by atoms with Gasteiger partial charge in [0.15, 0.2) is 0 Å². The van der Waals surface area contributed by atoms with Crippen LogP contribution in [-0.4, -0.2) is 43.8 Å².